The molecule has 2 aromatic carbocycles. The van der Waals surface area contributed by atoms with E-state index in [-0.39, 0.29) is 17.4 Å². The van der Waals surface area contributed by atoms with Crippen molar-refractivity contribution in [3.63, 3.8) is 0 Å². The highest BCUT2D eigenvalue weighted by Crippen LogP contribution is 2.26. The number of hydrazine groups is 1. The van der Waals surface area contributed by atoms with Crippen LogP contribution in [0.4, 0.5) is 23.0 Å². The van der Waals surface area contributed by atoms with Gasteiger partial charge < -0.3 is 15.8 Å². The van der Waals surface area contributed by atoms with E-state index in [1.165, 1.54) is 6.33 Å². The van der Waals surface area contributed by atoms with Crippen molar-refractivity contribution in [1.29, 1.82) is 0 Å². The summed E-state index contributed by atoms with van der Waals surface area (Å²) in [6.45, 7) is 2.81. The Bertz CT molecular complexity index is 980. The van der Waals surface area contributed by atoms with Crippen LogP contribution in [-0.2, 0) is 0 Å². The fourth-order valence-corrected chi connectivity index (χ4v) is 2.62. The second-order valence-corrected chi connectivity index (χ2v) is 6.86. The number of nitrogens with one attached hydrogen (secondary N) is 3. The lowest BCUT2D eigenvalue weighted by Gasteiger charge is -2.13. The van der Waals surface area contributed by atoms with Gasteiger partial charge in [0.25, 0.3) is 5.91 Å². The number of aromatic nitrogens is 2. The molecule has 1 heterocycles. The highest BCUT2D eigenvalue weighted by atomic mass is 35.5. The van der Waals surface area contributed by atoms with Crippen molar-refractivity contribution in [1.82, 2.24) is 15.4 Å². The van der Waals surface area contributed by atoms with E-state index in [0.717, 1.165) is 24.3 Å². The monoisotopic (exact) mass is 426 g/mol. The summed E-state index contributed by atoms with van der Waals surface area (Å²) in [5.41, 5.74) is 12.9. The zero-order valence-corrected chi connectivity index (χ0v) is 17.2. The molecule has 0 aliphatic carbocycles. The first kappa shape index (κ1) is 21.2. The topological polar surface area (TPSA) is 114 Å². The number of carbonyl (C=O) groups is 1. The number of unbranched alkanes of at least 4 members (excludes halogenated alkanes) is 1. The van der Waals surface area contributed by atoms with Crippen LogP contribution in [0.25, 0.3) is 0 Å². The summed E-state index contributed by atoms with van der Waals surface area (Å²) >= 11 is 5.84. The van der Waals surface area contributed by atoms with Gasteiger partial charge in [0.1, 0.15) is 17.8 Å². The van der Waals surface area contributed by atoms with Crippen LogP contribution in [0.15, 0.2) is 54.9 Å². The number of anilines is 4. The van der Waals surface area contributed by atoms with Crippen LogP contribution in [-0.4, -0.2) is 22.5 Å². The Kier molecular flexibility index (Phi) is 7.29. The third-order valence-electron chi connectivity index (χ3n) is 4.17. The molecule has 156 valence electrons. The van der Waals surface area contributed by atoms with Gasteiger partial charge in [-0.3, -0.25) is 15.6 Å². The molecule has 3 rings (SSSR count). The second-order valence-electron chi connectivity index (χ2n) is 6.42. The summed E-state index contributed by atoms with van der Waals surface area (Å²) in [7, 11) is 0. The molecule has 0 fully saturated rings. The summed E-state index contributed by atoms with van der Waals surface area (Å²) in [5, 5.41) is 3.69. The maximum Gasteiger partial charge on any atom is 0.269 e. The van der Waals surface area contributed by atoms with Crippen molar-refractivity contribution in [3.8, 4) is 5.75 Å². The van der Waals surface area contributed by atoms with Crippen molar-refractivity contribution >= 4 is 40.5 Å². The van der Waals surface area contributed by atoms with E-state index in [1.54, 1.807) is 24.3 Å². The molecule has 1 aromatic heterocycles. The molecule has 9 heteroatoms. The van der Waals surface area contributed by atoms with Gasteiger partial charge in [-0.25, -0.2) is 9.97 Å². The van der Waals surface area contributed by atoms with Gasteiger partial charge in [-0.05, 0) is 55.0 Å². The molecule has 0 aliphatic heterocycles. The second kappa shape index (κ2) is 10.3. The molecule has 0 spiro atoms. The van der Waals surface area contributed by atoms with Crippen LogP contribution in [0.5, 0.6) is 5.75 Å². The smallest absolute Gasteiger partial charge is 0.269 e. The van der Waals surface area contributed by atoms with E-state index < -0.39 is 0 Å². The average molecular weight is 427 g/mol. The van der Waals surface area contributed by atoms with E-state index in [0.29, 0.717) is 23.0 Å². The lowest BCUT2D eigenvalue weighted by atomic mass is 10.2. The summed E-state index contributed by atoms with van der Waals surface area (Å²) < 4.78 is 5.66. The Labute approximate surface area is 179 Å². The Balaban J connectivity index is 1.61. The Morgan fingerprint density at radius 3 is 2.47 bits per heavy atom. The lowest BCUT2D eigenvalue weighted by Crippen LogP contribution is -2.30. The van der Waals surface area contributed by atoms with Crippen LogP contribution in [0, 0.1) is 0 Å². The molecule has 5 N–H and O–H groups in total. The Hall–Kier alpha value is -3.52. The number of ether oxygens (including phenoxy) is 1. The lowest BCUT2D eigenvalue weighted by molar-refractivity contribution is 0.0962. The third-order valence-corrected chi connectivity index (χ3v) is 4.42. The van der Waals surface area contributed by atoms with E-state index >= 15 is 0 Å². The van der Waals surface area contributed by atoms with Gasteiger partial charge in [-0.15, -0.1) is 0 Å². The summed E-state index contributed by atoms with van der Waals surface area (Å²) in [6, 6.07) is 14.0. The SMILES string of the molecule is CCCCOc1ccc(Nc2ncnc(NNC(=O)c3ccc(Cl)cc3)c2N)cc1. The first-order valence-corrected chi connectivity index (χ1v) is 9.87. The third kappa shape index (κ3) is 5.74. The number of carbonyl (C=O) groups excluding carboxylic acids is 1. The molecule has 1 amide bonds. The van der Waals surface area contributed by atoms with Crippen molar-refractivity contribution < 1.29 is 9.53 Å². The molecule has 0 unspecified atom stereocenters. The van der Waals surface area contributed by atoms with Crippen molar-refractivity contribution in [3.05, 3.63) is 65.4 Å². The molecule has 0 saturated heterocycles. The number of amides is 1. The van der Waals surface area contributed by atoms with Crippen LogP contribution in [0.3, 0.4) is 0 Å². The summed E-state index contributed by atoms with van der Waals surface area (Å²) in [5.74, 6) is 1.14. The van der Waals surface area contributed by atoms with E-state index in [2.05, 4.69) is 33.1 Å². The maximum atomic E-state index is 12.2. The maximum absolute atomic E-state index is 12.2. The van der Waals surface area contributed by atoms with Crippen LogP contribution < -0.4 is 26.6 Å². The van der Waals surface area contributed by atoms with Gasteiger partial charge in [0.05, 0.1) is 6.61 Å². The summed E-state index contributed by atoms with van der Waals surface area (Å²) in [4.78, 5) is 20.5. The largest absolute Gasteiger partial charge is 0.494 e. The molecule has 0 aliphatic rings. The van der Waals surface area contributed by atoms with Gasteiger partial charge >= 0.3 is 0 Å². The van der Waals surface area contributed by atoms with Crippen molar-refractivity contribution in [2.75, 3.05) is 23.1 Å². The molecular weight excluding hydrogens is 404 g/mol. The molecule has 0 atom stereocenters. The van der Waals surface area contributed by atoms with Crippen LogP contribution in [0.1, 0.15) is 30.1 Å². The molecule has 0 radical (unpaired) electrons. The van der Waals surface area contributed by atoms with Crippen LogP contribution >= 0.6 is 11.6 Å². The number of nitrogens with zero attached hydrogens (tertiary/aromatic N) is 2. The molecular formula is C21H23ClN6O2. The standard InChI is InChI=1S/C21H23ClN6O2/c1-2-3-12-30-17-10-8-16(9-11-17)26-19-18(23)20(25-13-24-19)27-28-21(29)14-4-6-15(22)7-5-14/h4-11,13H,2-3,12,23H2,1H3,(H,28,29)(H2,24,25,26,27). The summed E-state index contributed by atoms with van der Waals surface area (Å²) in [6.07, 6.45) is 3.45. The van der Waals surface area contributed by atoms with E-state index in [9.17, 15) is 4.79 Å². The Morgan fingerprint density at radius 1 is 1.07 bits per heavy atom. The zero-order chi connectivity index (χ0) is 21.3. The number of halogens is 1. The van der Waals surface area contributed by atoms with Gasteiger partial charge in [-0.2, -0.15) is 0 Å². The molecule has 30 heavy (non-hydrogen) atoms. The minimum Gasteiger partial charge on any atom is -0.494 e. The fourth-order valence-electron chi connectivity index (χ4n) is 2.49. The van der Waals surface area contributed by atoms with E-state index in [1.807, 2.05) is 24.3 Å². The number of benzene rings is 2. The first-order chi connectivity index (χ1) is 14.6. The molecule has 0 bridgehead atoms. The minimum absolute atomic E-state index is 0.261. The van der Waals surface area contributed by atoms with Gasteiger partial charge in [-0.1, -0.05) is 24.9 Å². The molecule has 3 aromatic rings. The number of hydrogen-bond donors (Lipinski definition) is 4. The molecule has 8 nitrogen and oxygen atoms in total. The van der Waals surface area contributed by atoms with Gasteiger partial charge in [0.15, 0.2) is 11.6 Å². The first-order valence-electron chi connectivity index (χ1n) is 9.49. The number of hydrogen-bond acceptors (Lipinski definition) is 7. The van der Waals surface area contributed by atoms with Crippen molar-refractivity contribution in [2.45, 2.75) is 19.8 Å². The minimum atomic E-state index is -0.349. The van der Waals surface area contributed by atoms with E-state index in [4.69, 9.17) is 22.1 Å². The average Bonchev–Trinajstić information content (AvgIpc) is 2.76. The highest BCUT2D eigenvalue weighted by molar-refractivity contribution is 6.30. The molecule has 0 saturated carbocycles. The quantitative estimate of drug-likeness (QED) is 0.296. The van der Waals surface area contributed by atoms with Gasteiger partial charge in [0.2, 0.25) is 0 Å². The number of rotatable bonds is 9. The van der Waals surface area contributed by atoms with Crippen molar-refractivity contribution in [2.24, 2.45) is 0 Å². The Morgan fingerprint density at radius 2 is 1.77 bits per heavy atom. The normalized spacial score (nSPS) is 10.3. The zero-order valence-electron chi connectivity index (χ0n) is 16.5. The number of nitrogens with two attached hydrogens (primary N) is 1. The van der Waals surface area contributed by atoms with Crippen LogP contribution in [0.2, 0.25) is 5.02 Å². The predicted molar refractivity (Wildman–Crippen MR) is 119 cm³/mol. The fraction of sp³-hybridized carbons (Fsp3) is 0.190. The highest BCUT2D eigenvalue weighted by Gasteiger charge is 2.11. The predicted octanol–water partition coefficient (Wildman–Crippen LogP) is 4.39. The van der Waals surface area contributed by atoms with Gasteiger partial charge in [0, 0.05) is 16.3 Å². The number of nitrogen functional groups attached to an aromatic ring is 1.